The van der Waals surface area contributed by atoms with Crippen molar-refractivity contribution in [2.45, 2.75) is 32.4 Å². The molecule has 1 saturated heterocycles. The fourth-order valence-corrected chi connectivity index (χ4v) is 4.84. The molecule has 2 heterocycles. The Labute approximate surface area is 195 Å². The van der Waals surface area contributed by atoms with Crippen LogP contribution in [0.3, 0.4) is 0 Å². The molecular weight excluding hydrogens is 493 g/mol. The molecule has 29 heavy (non-hydrogen) atoms. The lowest BCUT2D eigenvalue weighted by molar-refractivity contribution is 0.125. The summed E-state index contributed by atoms with van der Waals surface area (Å²) < 4.78 is 0. The van der Waals surface area contributed by atoms with Gasteiger partial charge in [-0.25, -0.2) is 4.99 Å². The van der Waals surface area contributed by atoms with E-state index in [1.807, 2.05) is 35.6 Å². The largest absolute Gasteiger partial charge is 0.357 e. The van der Waals surface area contributed by atoms with Crippen LogP contribution in [0.15, 0.2) is 46.8 Å². The molecule has 0 spiro atoms. The predicted molar refractivity (Wildman–Crippen MR) is 132 cm³/mol. The van der Waals surface area contributed by atoms with Gasteiger partial charge in [0.25, 0.3) is 0 Å². The van der Waals surface area contributed by atoms with Crippen LogP contribution in [-0.4, -0.2) is 37.5 Å². The number of thiophene rings is 1. The number of benzene rings is 1. The third kappa shape index (κ3) is 6.69. The number of nitrogens with one attached hydrogen (secondary N) is 2. The monoisotopic (exact) mass is 523 g/mol. The average Bonchev–Trinajstić information content (AvgIpc) is 3.24. The molecule has 1 aliphatic rings. The molecule has 0 bridgehead atoms. The summed E-state index contributed by atoms with van der Waals surface area (Å²) in [5.41, 5.74) is 1.72. The third-order valence-electron chi connectivity index (χ3n) is 5.19. The zero-order chi connectivity index (χ0) is 19.8. The topological polar surface area (TPSA) is 63.5 Å². The Kier molecular flexibility index (Phi) is 9.91. The van der Waals surface area contributed by atoms with E-state index in [2.05, 4.69) is 53.1 Å². The molecule has 7 heteroatoms. The van der Waals surface area contributed by atoms with Crippen LogP contribution in [0.1, 0.15) is 41.8 Å². The summed E-state index contributed by atoms with van der Waals surface area (Å²) in [6.45, 7) is 5.52. The normalized spacial score (nSPS) is 19.8. The lowest BCUT2D eigenvalue weighted by atomic mass is 9.88. The zero-order valence-electron chi connectivity index (χ0n) is 17.1. The Morgan fingerprint density at radius 3 is 2.90 bits per heavy atom. The van der Waals surface area contributed by atoms with Crippen LogP contribution in [0.5, 0.6) is 0 Å². The molecule has 2 atom stereocenters. The van der Waals surface area contributed by atoms with Crippen molar-refractivity contribution >= 4 is 41.3 Å². The summed E-state index contributed by atoms with van der Waals surface area (Å²) in [6.07, 6.45) is 2.46. The van der Waals surface area contributed by atoms with E-state index in [-0.39, 0.29) is 24.0 Å². The highest BCUT2D eigenvalue weighted by Crippen LogP contribution is 2.36. The molecule has 0 amide bonds. The van der Waals surface area contributed by atoms with E-state index in [1.54, 1.807) is 0 Å². The Bertz CT molecular complexity index is 815. The van der Waals surface area contributed by atoms with Gasteiger partial charge in [-0.05, 0) is 68.4 Å². The number of piperidine rings is 1. The average molecular weight is 523 g/mol. The number of hydrogen-bond acceptors (Lipinski definition) is 4. The molecule has 0 radical (unpaired) electrons. The SMILES string of the molecule is CCNC(=NCc1cccc(C#N)c1)NCC1CCCN(C)C1c1cccs1.I. The number of nitriles is 1. The van der Waals surface area contributed by atoms with Gasteiger partial charge in [0.15, 0.2) is 5.96 Å². The van der Waals surface area contributed by atoms with Crippen LogP contribution < -0.4 is 10.6 Å². The van der Waals surface area contributed by atoms with Crippen molar-refractivity contribution in [3.8, 4) is 6.07 Å². The van der Waals surface area contributed by atoms with Crippen molar-refractivity contribution in [2.75, 3.05) is 26.7 Å². The number of halogens is 1. The van der Waals surface area contributed by atoms with Gasteiger partial charge in [0.05, 0.1) is 18.2 Å². The van der Waals surface area contributed by atoms with Gasteiger partial charge in [-0.3, -0.25) is 4.90 Å². The van der Waals surface area contributed by atoms with Crippen molar-refractivity contribution in [1.82, 2.24) is 15.5 Å². The van der Waals surface area contributed by atoms with E-state index >= 15 is 0 Å². The summed E-state index contributed by atoms with van der Waals surface area (Å²) in [5.74, 6) is 1.39. The van der Waals surface area contributed by atoms with E-state index < -0.39 is 0 Å². The maximum absolute atomic E-state index is 9.06. The minimum atomic E-state index is 0. The Morgan fingerprint density at radius 1 is 1.31 bits per heavy atom. The quantitative estimate of drug-likeness (QED) is 0.335. The number of hydrogen-bond donors (Lipinski definition) is 2. The van der Waals surface area contributed by atoms with Gasteiger partial charge in [-0.15, -0.1) is 35.3 Å². The fourth-order valence-electron chi connectivity index (χ4n) is 3.86. The lowest BCUT2D eigenvalue weighted by Crippen LogP contribution is -2.44. The number of guanidine groups is 1. The summed E-state index contributed by atoms with van der Waals surface area (Å²) >= 11 is 1.85. The van der Waals surface area contributed by atoms with Crippen molar-refractivity contribution < 1.29 is 0 Å². The minimum Gasteiger partial charge on any atom is -0.357 e. The van der Waals surface area contributed by atoms with Gasteiger partial charge in [0.1, 0.15) is 0 Å². The van der Waals surface area contributed by atoms with Crippen LogP contribution in [0.4, 0.5) is 0 Å². The molecule has 1 aromatic carbocycles. The Hall–Kier alpha value is -1.63. The van der Waals surface area contributed by atoms with E-state index in [9.17, 15) is 0 Å². The van der Waals surface area contributed by atoms with Crippen molar-refractivity contribution in [3.05, 3.63) is 57.8 Å². The first-order valence-electron chi connectivity index (χ1n) is 9.96. The van der Waals surface area contributed by atoms with Gasteiger partial charge in [0.2, 0.25) is 0 Å². The first-order valence-corrected chi connectivity index (χ1v) is 10.8. The van der Waals surface area contributed by atoms with E-state index in [4.69, 9.17) is 10.3 Å². The molecule has 2 unspecified atom stereocenters. The fraction of sp³-hybridized carbons (Fsp3) is 0.455. The summed E-state index contributed by atoms with van der Waals surface area (Å²) in [7, 11) is 2.23. The molecule has 1 aliphatic heterocycles. The van der Waals surface area contributed by atoms with E-state index in [0.29, 0.717) is 24.1 Å². The summed E-state index contributed by atoms with van der Waals surface area (Å²) in [6, 6.07) is 14.7. The van der Waals surface area contributed by atoms with E-state index in [0.717, 1.165) is 31.2 Å². The molecule has 1 aromatic heterocycles. The second kappa shape index (κ2) is 12.2. The molecule has 0 aliphatic carbocycles. The van der Waals surface area contributed by atoms with Gasteiger partial charge in [-0.1, -0.05) is 18.2 Å². The molecule has 2 N–H and O–H groups in total. The van der Waals surface area contributed by atoms with Crippen LogP contribution in [0.2, 0.25) is 0 Å². The van der Waals surface area contributed by atoms with Crippen LogP contribution in [0, 0.1) is 17.2 Å². The van der Waals surface area contributed by atoms with Crippen LogP contribution in [0.25, 0.3) is 0 Å². The Morgan fingerprint density at radius 2 is 2.17 bits per heavy atom. The second-order valence-electron chi connectivity index (χ2n) is 7.23. The van der Waals surface area contributed by atoms with Gasteiger partial charge in [0, 0.05) is 24.0 Å². The highest BCUT2D eigenvalue weighted by molar-refractivity contribution is 14.0. The van der Waals surface area contributed by atoms with Gasteiger partial charge >= 0.3 is 0 Å². The summed E-state index contributed by atoms with van der Waals surface area (Å²) in [4.78, 5) is 8.66. The lowest BCUT2D eigenvalue weighted by Gasteiger charge is -2.39. The molecule has 156 valence electrons. The Balaban J connectivity index is 0.00000300. The third-order valence-corrected chi connectivity index (χ3v) is 6.14. The molecular formula is C22H30IN5S. The minimum absolute atomic E-state index is 0. The molecule has 5 nitrogen and oxygen atoms in total. The standard InChI is InChI=1S/C22H29N5S.HI/c1-3-24-22(25-15-18-8-4-7-17(13-18)14-23)26-16-19-9-5-11-27(2)21(19)20-10-6-12-28-20;/h4,6-8,10,12-13,19,21H,3,5,9,11,15-16H2,1-2H3,(H2,24,25,26);1H. The number of aliphatic imine (C=N–C) groups is 1. The maximum atomic E-state index is 9.06. The van der Waals surface area contributed by atoms with Crippen LogP contribution in [-0.2, 0) is 6.54 Å². The highest BCUT2D eigenvalue weighted by Gasteiger charge is 2.31. The number of rotatable bonds is 6. The highest BCUT2D eigenvalue weighted by atomic mass is 127. The molecule has 1 fully saturated rings. The first-order chi connectivity index (χ1) is 13.7. The van der Waals surface area contributed by atoms with Crippen molar-refractivity contribution in [3.63, 3.8) is 0 Å². The van der Waals surface area contributed by atoms with E-state index in [1.165, 1.54) is 17.7 Å². The second-order valence-corrected chi connectivity index (χ2v) is 8.21. The maximum Gasteiger partial charge on any atom is 0.191 e. The molecule has 3 rings (SSSR count). The summed E-state index contributed by atoms with van der Waals surface area (Å²) in [5, 5.41) is 18.1. The number of nitrogens with zero attached hydrogens (tertiary/aromatic N) is 3. The van der Waals surface area contributed by atoms with Crippen LogP contribution >= 0.6 is 35.3 Å². The van der Waals surface area contributed by atoms with Crippen molar-refractivity contribution in [1.29, 1.82) is 5.26 Å². The zero-order valence-corrected chi connectivity index (χ0v) is 20.2. The molecule has 2 aromatic rings. The smallest absolute Gasteiger partial charge is 0.191 e. The predicted octanol–water partition coefficient (Wildman–Crippen LogP) is 4.38. The van der Waals surface area contributed by atoms with Gasteiger partial charge in [-0.2, -0.15) is 5.26 Å². The molecule has 0 saturated carbocycles. The van der Waals surface area contributed by atoms with Gasteiger partial charge < -0.3 is 10.6 Å². The first kappa shape index (κ1) is 23.6. The number of likely N-dealkylation sites (tertiary alicyclic amines) is 1. The van der Waals surface area contributed by atoms with Crippen molar-refractivity contribution in [2.24, 2.45) is 10.9 Å².